The molecule has 1 saturated heterocycles. The second-order valence-electron chi connectivity index (χ2n) is 5.45. The molecule has 2 amide bonds. The van der Waals surface area contributed by atoms with Crippen molar-refractivity contribution >= 4 is 17.5 Å². The lowest BCUT2D eigenvalue weighted by molar-refractivity contribution is -0.144. The van der Waals surface area contributed by atoms with Crippen molar-refractivity contribution in [3.05, 3.63) is 29.8 Å². The van der Waals surface area contributed by atoms with Gasteiger partial charge in [-0.05, 0) is 24.3 Å². The normalized spacial score (nSPS) is 16.1. The number of rotatable bonds is 3. The smallest absolute Gasteiger partial charge is 0.332 e. The number of alkyl halides is 3. The number of hydrogen-bond acceptors (Lipinski definition) is 4. The number of anilines is 1. The minimum Gasteiger partial charge on any atom is -0.332 e. The van der Waals surface area contributed by atoms with Gasteiger partial charge in [0, 0.05) is 45.0 Å². The highest BCUT2D eigenvalue weighted by Gasteiger charge is 2.30. The minimum absolute atomic E-state index is 0.142. The Balaban J connectivity index is 1.89. The van der Waals surface area contributed by atoms with Crippen LogP contribution in [0.15, 0.2) is 24.3 Å². The van der Waals surface area contributed by atoms with Crippen LogP contribution in [0, 0.1) is 0 Å². The molecule has 0 aliphatic carbocycles. The first-order valence-electron chi connectivity index (χ1n) is 7.51. The molecule has 9 heteroatoms. The van der Waals surface area contributed by atoms with Crippen molar-refractivity contribution in [2.24, 2.45) is 5.73 Å². The fourth-order valence-corrected chi connectivity index (χ4v) is 2.43. The molecule has 24 heavy (non-hydrogen) atoms. The lowest BCUT2D eigenvalue weighted by Gasteiger charge is -2.34. The Kier molecular flexibility index (Phi) is 5.79. The third-order valence-corrected chi connectivity index (χ3v) is 3.77. The molecule has 1 aromatic rings. The number of hydrogen-bond donors (Lipinski definition) is 2. The first kappa shape index (κ1) is 18.2. The molecule has 0 bridgehead atoms. The van der Waals surface area contributed by atoms with Crippen LogP contribution in [-0.4, -0.2) is 60.9 Å². The summed E-state index contributed by atoms with van der Waals surface area (Å²) in [6.45, 7) is 3.37. The molecule has 2 rings (SSSR count). The van der Waals surface area contributed by atoms with Crippen LogP contribution in [0.1, 0.15) is 5.56 Å². The predicted octanol–water partition coefficient (Wildman–Crippen LogP) is 0.747. The van der Waals surface area contributed by atoms with Crippen LogP contribution in [0.4, 0.5) is 18.9 Å². The average Bonchev–Trinajstić information content (AvgIpc) is 2.55. The van der Waals surface area contributed by atoms with E-state index >= 15 is 0 Å². The van der Waals surface area contributed by atoms with E-state index in [1.54, 1.807) is 0 Å². The number of halogens is 3. The Labute approximate surface area is 137 Å². The minimum atomic E-state index is -4.44. The maximum Gasteiger partial charge on any atom is 0.416 e. The highest BCUT2D eigenvalue weighted by Crippen LogP contribution is 2.29. The summed E-state index contributed by atoms with van der Waals surface area (Å²) in [6.07, 6.45) is -4.44. The van der Waals surface area contributed by atoms with Gasteiger partial charge in [0.1, 0.15) is 0 Å². The van der Waals surface area contributed by atoms with Crippen LogP contribution < -0.4 is 11.1 Å². The highest BCUT2D eigenvalue weighted by atomic mass is 19.4. The second kappa shape index (κ2) is 7.63. The number of piperazine rings is 1. The second-order valence-corrected chi connectivity index (χ2v) is 5.45. The summed E-state index contributed by atoms with van der Waals surface area (Å²) in [5.41, 5.74) is 4.79. The Morgan fingerprint density at radius 3 is 2.17 bits per heavy atom. The standard InChI is InChI=1S/C15H19F3N4O2/c16-15(17,18)11-1-3-12(4-2-11)20-13(23)14(24)22-9-7-21(6-5-19)8-10-22/h1-4H,5-10,19H2,(H,20,23). The number of nitrogens with zero attached hydrogens (tertiary/aromatic N) is 2. The molecule has 1 aliphatic heterocycles. The molecule has 0 unspecified atom stereocenters. The first-order valence-corrected chi connectivity index (χ1v) is 7.51. The monoisotopic (exact) mass is 344 g/mol. The van der Waals surface area contributed by atoms with Gasteiger partial charge in [-0.3, -0.25) is 14.5 Å². The predicted molar refractivity (Wildman–Crippen MR) is 82.1 cm³/mol. The fraction of sp³-hybridized carbons (Fsp3) is 0.467. The number of benzene rings is 1. The quantitative estimate of drug-likeness (QED) is 0.793. The van der Waals surface area contributed by atoms with Crippen molar-refractivity contribution in [2.75, 3.05) is 44.6 Å². The van der Waals surface area contributed by atoms with Gasteiger partial charge in [-0.15, -0.1) is 0 Å². The SMILES string of the molecule is NCCN1CCN(C(=O)C(=O)Nc2ccc(C(F)(F)F)cc2)CC1. The van der Waals surface area contributed by atoms with Gasteiger partial charge < -0.3 is 16.0 Å². The summed E-state index contributed by atoms with van der Waals surface area (Å²) in [7, 11) is 0. The number of amides is 2. The summed E-state index contributed by atoms with van der Waals surface area (Å²) in [5, 5.41) is 2.32. The average molecular weight is 344 g/mol. The molecule has 1 aromatic carbocycles. The molecule has 3 N–H and O–H groups in total. The molecule has 1 fully saturated rings. The van der Waals surface area contributed by atoms with Crippen LogP contribution in [0.25, 0.3) is 0 Å². The van der Waals surface area contributed by atoms with Crippen molar-refractivity contribution in [2.45, 2.75) is 6.18 Å². The van der Waals surface area contributed by atoms with Gasteiger partial charge in [0.15, 0.2) is 0 Å². The topological polar surface area (TPSA) is 78.7 Å². The fourth-order valence-electron chi connectivity index (χ4n) is 2.43. The third kappa shape index (κ3) is 4.68. The molecule has 6 nitrogen and oxygen atoms in total. The van der Waals surface area contributed by atoms with Gasteiger partial charge in [0.2, 0.25) is 0 Å². The highest BCUT2D eigenvalue weighted by molar-refractivity contribution is 6.39. The summed E-state index contributed by atoms with van der Waals surface area (Å²) >= 11 is 0. The Morgan fingerprint density at radius 2 is 1.67 bits per heavy atom. The number of nitrogens with two attached hydrogens (primary N) is 1. The van der Waals surface area contributed by atoms with Gasteiger partial charge >= 0.3 is 18.0 Å². The Bertz CT molecular complexity index is 581. The molecule has 1 heterocycles. The van der Waals surface area contributed by atoms with Crippen molar-refractivity contribution < 1.29 is 22.8 Å². The summed E-state index contributed by atoms with van der Waals surface area (Å²) in [5.74, 6) is -1.55. The summed E-state index contributed by atoms with van der Waals surface area (Å²) in [4.78, 5) is 27.5. The zero-order chi connectivity index (χ0) is 17.7. The first-order chi connectivity index (χ1) is 11.3. The molecule has 0 atom stereocenters. The Hall–Kier alpha value is -2.13. The van der Waals surface area contributed by atoms with E-state index in [2.05, 4.69) is 10.2 Å². The zero-order valence-electron chi connectivity index (χ0n) is 13.0. The molecule has 132 valence electrons. The van der Waals surface area contributed by atoms with Crippen LogP contribution in [-0.2, 0) is 15.8 Å². The van der Waals surface area contributed by atoms with Gasteiger partial charge in [-0.25, -0.2) is 0 Å². The molecule has 0 spiro atoms. The lowest BCUT2D eigenvalue weighted by atomic mass is 10.2. The third-order valence-electron chi connectivity index (χ3n) is 3.77. The molecule has 0 saturated carbocycles. The van der Waals surface area contributed by atoms with Crippen LogP contribution in [0.2, 0.25) is 0 Å². The lowest BCUT2D eigenvalue weighted by Crippen LogP contribution is -2.52. The van der Waals surface area contributed by atoms with Crippen molar-refractivity contribution in [1.82, 2.24) is 9.80 Å². The van der Waals surface area contributed by atoms with E-state index in [4.69, 9.17) is 5.73 Å². The van der Waals surface area contributed by atoms with E-state index in [1.807, 2.05) is 0 Å². The van der Waals surface area contributed by atoms with Gasteiger partial charge in [-0.2, -0.15) is 13.2 Å². The van der Waals surface area contributed by atoms with E-state index in [1.165, 1.54) is 4.90 Å². The number of carbonyl (C=O) groups is 2. The molecular weight excluding hydrogens is 325 g/mol. The molecule has 0 aromatic heterocycles. The summed E-state index contributed by atoms with van der Waals surface area (Å²) < 4.78 is 37.4. The van der Waals surface area contributed by atoms with Crippen LogP contribution in [0.5, 0.6) is 0 Å². The van der Waals surface area contributed by atoms with Gasteiger partial charge in [0.25, 0.3) is 0 Å². The summed E-state index contributed by atoms with van der Waals surface area (Å²) in [6, 6.07) is 3.94. The van der Waals surface area contributed by atoms with E-state index in [-0.39, 0.29) is 5.69 Å². The van der Waals surface area contributed by atoms with E-state index < -0.39 is 23.6 Å². The molecular formula is C15H19F3N4O2. The Morgan fingerprint density at radius 1 is 1.08 bits per heavy atom. The molecule has 0 radical (unpaired) electrons. The van der Waals surface area contributed by atoms with Gasteiger partial charge in [0.05, 0.1) is 5.56 Å². The number of carbonyl (C=O) groups excluding carboxylic acids is 2. The van der Waals surface area contributed by atoms with E-state index in [0.717, 1.165) is 30.8 Å². The van der Waals surface area contributed by atoms with Crippen LogP contribution >= 0.6 is 0 Å². The van der Waals surface area contributed by atoms with Crippen molar-refractivity contribution in [3.8, 4) is 0 Å². The van der Waals surface area contributed by atoms with Crippen molar-refractivity contribution in [1.29, 1.82) is 0 Å². The zero-order valence-corrected chi connectivity index (χ0v) is 13.0. The number of nitrogens with one attached hydrogen (secondary N) is 1. The van der Waals surface area contributed by atoms with Crippen LogP contribution in [0.3, 0.4) is 0 Å². The largest absolute Gasteiger partial charge is 0.416 e. The van der Waals surface area contributed by atoms with E-state index in [9.17, 15) is 22.8 Å². The van der Waals surface area contributed by atoms with E-state index in [0.29, 0.717) is 32.7 Å². The van der Waals surface area contributed by atoms with Gasteiger partial charge in [-0.1, -0.05) is 0 Å². The van der Waals surface area contributed by atoms with Crippen molar-refractivity contribution in [3.63, 3.8) is 0 Å². The maximum absolute atomic E-state index is 12.5. The maximum atomic E-state index is 12.5. The molecule has 1 aliphatic rings.